The van der Waals surface area contributed by atoms with E-state index in [-0.39, 0.29) is 24.5 Å². The van der Waals surface area contributed by atoms with Gasteiger partial charge in [0.2, 0.25) is 0 Å². The minimum absolute atomic E-state index is 0.0955. The number of hydrogen-bond acceptors (Lipinski definition) is 6. The lowest BCUT2D eigenvalue weighted by molar-refractivity contribution is -0.187. The molecule has 0 N–H and O–H groups in total. The monoisotopic (exact) mass is 404 g/mol. The molecule has 4 atom stereocenters. The van der Waals surface area contributed by atoms with Gasteiger partial charge in [0.05, 0.1) is 26.2 Å². The molecule has 0 unspecified atom stereocenters. The fourth-order valence-electron chi connectivity index (χ4n) is 3.83. The predicted octanol–water partition coefficient (Wildman–Crippen LogP) is 3.71. The van der Waals surface area contributed by atoms with Crippen molar-refractivity contribution in [2.24, 2.45) is 17.3 Å². The van der Waals surface area contributed by atoms with Gasteiger partial charge in [-0.2, -0.15) is 0 Å². The zero-order valence-electron chi connectivity index (χ0n) is 18.2. The van der Waals surface area contributed by atoms with Crippen LogP contribution in [0.2, 0.25) is 0 Å². The molecule has 160 valence electrons. The van der Waals surface area contributed by atoms with E-state index in [9.17, 15) is 14.4 Å². The lowest BCUT2D eigenvalue weighted by Gasteiger charge is -2.46. The van der Waals surface area contributed by atoms with Crippen LogP contribution in [0, 0.1) is 17.3 Å². The van der Waals surface area contributed by atoms with Gasteiger partial charge in [-0.05, 0) is 39.2 Å². The highest BCUT2D eigenvalue weighted by molar-refractivity contribution is 6.05. The van der Waals surface area contributed by atoms with Gasteiger partial charge < -0.3 is 14.2 Å². The standard InChI is InChI=1S/C23H32O6/c1-15-12-18(24)23(5,21(26)29-22(2,3)4)17(13-19(25)27-6)20(15)28-14-16-10-8-7-9-11-16/h7-11,15,17,20H,12-14H2,1-6H3/t15-,17+,20-,23+/m0/s1. The second-order valence-electron chi connectivity index (χ2n) is 8.96. The molecule has 0 aliphatic heterocycles. The molecule has 0 spiro atoms. The fourth-order valence-corrected chi connectivity index (χ4v) is 3.83. The number of ketones is 1. The van der Waals surface area contributed by atoms with Crippen molar-refractivity contribution in [2.75, 3.05) is 7.11 Å². The number of carbonyl (C=O) groups is 3. The first-order chi connectivity index (χ1) is 13.5. The first-order valence-electron chi connectivity index (χ1n) is 9.98. The van der Waals surface area contributed by atoms with Gasteiger partial charge in [-0.15, -0.1) is 0 Å². The first-order valence-corrected chi connectivity index (χ1v) is 9.98. The molecule has 0 bridgehead atoms. The maximum absolute atomic E-state index is 13.1. The number of Topliss-reactive ketones (excluding diaryl/α,β-unsaturated/α-hetero) is 1. The molecule has 29 heavy (non-hydrogen) atoms. The molecule has 2 rings (SSSR count). The zero-order chi connectivity index (χ0) is 21.8. The quantitative estimate of drug-likeness (QED) is 0.531. The Bertz CT molecular complexity index is 735. The van der Waals surface area contributed by atoms with Crippen LogP contribution in [0.3, 0.4) is 0 Å². The summed E-state index contributed by atoms with van der Waals surface area (Å²) in [7, 11) is 1.29. The van der Waals surface area contributed by atoms with Crippen molar-refractivity contribution in [1.82, 2.24) is 0 Å². The predicted molar refractivity (Wildman–Crippen MR) is 108 cm³/mol. The molecular weight excluding hydrogens is 372 g/mol. The van der Waals surface area contributed by atoms with Crippen LogP contribution in [-0.2, 0) is 35.2 Å². The largest absolute Gasteiger partial charge is 0.469 e. The third-order valence-electron chi connectivity index (χ3n) is 5.51. The average molecular weight is 405 g/mol. The van der Waals surface area contributed by atoms with E-state index in [0.717, 1.165) is 5.56 Å². The van der Waals surface area contributed by atoms with Crippen molar-refractivity contribution in [3.63, 3.8) is 0 Å². The summed E-state index contributed by atoms with van der Waals surface area (Å²) in [5.74, 6) is -2.15. The SMILES string of the molecule is COC(=O)C[C@@H]1[C@@H](OCc2ccccc2)[C@@H](C)CC(=O)[C@]1(C)C(=O)OC(C)(C)C. The molecule has 1 fully saturated rings. The molecule has 1 saturated carbocycles. The summed E-state index contributed by atoms with van der Waals surface area (Å²) in [5.41, 5.74) is -1.25. The van der Waals surface area contributed by atoms with E-state index in [0.29, 0.717) is 6.61 Å². The average Bonchev–Trinajstić information content (AvgIpc) is 2.64. The maximum Gasteiger partial charge on any atom is 0.320 e. The number of hydrogen-bond donors (Lipinski definition) is 0. The topological polar surface area (TPSA) is 78.9 Å². The van der Waals surface area contributed by atoms with Gasteiger partial charge >= 0.3 is 11.9 Å². The minimum Gasteiger partial charge on any atom is -0.469 e. The number of methoxy groups -OCH3 is 1. The number of esters is 2. The van der Waals surface area contributed by atoms with Crippen LogP contribution in [-0.4, -0.2) is 36.5 Å². The number of rotatable bonds is 6. The number of ether oxygens (including phenoxy) is 3. The Kier molecular flexibility index (Phi) is 7.22. The minimum atomic E-state index is -1.48. The Morgan fingerprint density at radius 3 is 2.34 bits per heavy atom. The maximum atomic E-state index is 13.1. The van der Waals surface area contributed by atoms with Gasteiger partial charge in [-0.25, -0.2) is 0 Å². The Morgan fingerprint density at radius 1 is 1.17 bits per heavy atom. The van der Waals surface area contributed by atoms with E-state index in [2.05, 4.69) is 0 Å². The van der Waals surface area contributed by atoms with Gasteiger partial charge in [-0.3, -0.25) is 14.4 Å². The first kappa shape index (κ1) is 23.1. The van der Waals surface area contributed by atoms with Gasteiger partial charge in [-0.1, -0.05) is 37.3 Å². The Labute approximate surface area is 172 Å². The second kappa shape index (κ2) is 9.08. The normalized spacial score (nSPS) is 27.4. The van der Waals surface area contributed by atoms with E-state index in [1.54, 1.807) is 27.7 Å². The van der Waals surface area contributed by atoms with E-state index < -0.39 is 35.0 Å². The van der Waals surface area contributed by atoms with Crippen molar-refractivity contribution >= 4 is 17.7 Å². The van der Waals surface area contributed by atoms with Gasteiger partial charge in [0.15, 0.2) is 5.78 Å². The summed E-state index contributed by atoms with van der Waals surface area (Å²) in [4.78, 5) is 38.3. The summed E-state index contributed by atoms with van der Waals surface area (Å²) < 4.78 is 16.6. The van der Waals surface area contributed by atoms with Crippen molar-refractivity contribution < 1.29 is 28.6 Å². The van der Waals surface area contributed by atoms with Gasteiger partial charge in [0.25, 0.3) is 0 Å². The molecule has 1 aliphatic carbocycles. The molecule has 1 aromatic carbocycles. The third kappa shape index (κ3) is 5.44. The van der Waals surface area contributed by atoms with Crippen LogP contribution in [0.1, 0.15) is 53.0 Å². The highest BCUT2D eigenvalue weighted by Crippen LogP contribution is 2.46. The van der Waals surface area contributed by atoms with E-state index in [4.69, 9.17) is 14.2 Å². The van der Waals surface area contributed by atoms with Gasteiger partial charge in [0, 0.05) is 12.3 Å². The van der Waals surface area contributed by atoms with Crippen LogP contribution in [0.15, 0.2) is 30.3 Å². The summed E-state index contributed by atoms with van der Waals surface area (Å²) in [6.07, 6.45) is -0.376. The molecule has 0 amide bonds. The molecule has 0 saturated heterocycles. The van der Waals surface area contributed by atoms with Crippen LogP contribution in [0.25, 0.3) is 0 Å². The summed E-state index contributed by atoms with van der Waals surface area (Å²) in [6, 6.07) is 9.65. The van der Waals surface area contributed by atoms with E-state index in [1.165, 1.54) is 7.11 Å². The summed E-state index contributed by atoms with van der Waals surface area (Å²) in [5, 5.41) is 0. The molecule has 0 aromatic heterocycles. The lowest BCUT2D eigenvalue weighted by Crippen LogP contribution is -2.57. The van der Waals surface area contributed by atoms with Crippen LogP contribution < -0.4 is 0 Å². The molecule has 1 aliphatic rings. The van der Waals surface area contributed by atoms with Crippen molar-refractivity contribution in [3.8, 4) is 0 Å². The van der Waals surface area contributed by atoms with Crippen LogP contribution in [0.5, 0.6) is 0 Å². The molecule has 0 radical (unpaired) electrons. The van der Waals surface area contributed by atoms with Gasteiger partial charge in [0.1, 0.15) is 11.0 Å². The Hall–Kier alpha value is -2.21. The zero-order valence-corrected chi connectivity index (χ0v) is 18.2. The van der Waals surface area contributed by atoms with E-state index >= 15 is 0 Å². The molecular formula is C23H32O6. The summed E-state index contributed by atoms with van der Waals surface area (Å²) in [6.45, 7) is 9.06. The number of carbonyl (C=O) groups excluding carboxylic acids is 3. The molecule has 6 heteroatoms. The van der Waals surface area contributed by atoms with Crippen LogP contribution in [0.4, 0.5) is 0 Å². The van der Waals surface area contributed by atoms with Crippen LogP contribution >= 0.6 is 0 Å². The lowest BCUT2D eigenvalue weighted by atomic mass is 9.61. The van der Waals surface area contributed by atoms with Crippen molar-refractivity contribution in [2.45, 2.75) is 65.8 Å². The van der Waals surface area contributed by atoms with E-state index in [1.807, 2.05) is 37.3 Å². The Morgan fingerprint density at radius 2 is 1.79 bits per heavy atom. The molecule has 1 aromatic rings. The molecule has 0 heterocycles. The smallest absolute Gasteiger partial charge is 0.320 e. The summed E-state index contributed by atoms with van der Waals surface area (Å²) >= 11 is 0. The molecule has 6 nitrogen and oxygen atoms in total. The van der Waals surface area contributed by atoms with Crippen molar-refractivity contribution in [1.29, 1.82) is 0 Å². The fraction of sp³-hybridized carbons (Fsp3) is 0.609. The highest BCUT2D eigenvalue weighted by atomic mass is 16.6. The number of benzene rings is 1. The highest BCUT2D eigenvalue weighted by Gasteiger charge is 2.58. The second-order valence-corrected chi connectivity index (χ2v) is 8.96. The third-order valence-corrected chi connectivity index (χ3v) is 5.51. The van der Waals surface area contributed by atoms with Crippen molar-refractivity contribution in [3.05, 3.63) is 35.9 Å². The Balaban J connectivity index is 2.37.